The monoisotopic (exact) mass is 437 g/mol. The highest BCUT2D eigenvalue weighted by molar-refractivity contribution is 7.87. The van der Waals surface area contributed by atoms with Crippen LogP contribution < -0.4 is 5.73 Å². The molecule has 0 saturated carbocycles. The van der Waals surface area contributed by atoms with Gasteiger partial charge in [0.05, 0.1) is 0 Å². The van der Waals surface area contributed by atoms with Crippen LogP contribution >= 0.6 is 0 Å². The van der Waals surface area contributed by atoms with Crippen molar-refractivity contribution in [1.29, 1.82) is 0 Å². The Labute approximate surface area is 152 Å². The van der Waals surface area contributed by atoms with E-state index < -0.39 is 46.5 Å². The van der Waals surface area contributed by atoms with Gasteiger partial charge >= 0.3 is 27.5 Å². The molecule has 164 valence electrons. The fourth-order valence-electron chi connectivity index (χ4n) is 1.71. The number of hydrogen-bond donors (Lipinski definition) is 2. The maximum absolute atomic E-state index is 13.2. The second-order valence-corrected chi connectivity index (χ2v) is 6.99. The molecule has 0 aliphatic carbocycles. The van der Waals surface area contributed by atoms with Crippen LogP contribution in [0.5, 0.6) is 0 Å². The molecular weight excluding hydrogens is 414 g/mol. The smallest absolute Gasteiger partial charge is 0.327 e. The topological polar surface area (TPSA) is 80.4 Å². The van der Waals surface area contributed by atoms with Gasteiger partial charge in [0.25, 0.3) is 0 Å². The standard InChI is InChI=1S/C11H16F8O3S.C3H7N/c12-8(10(16,17)11(18,19)23(20,21)22)6-4-2-1-3-5-7-9(13,14)15;1-2-3-4/h8H,1-7H2,(H,20,21,22);2H,1,3-4H2. The molecule has 4 nitrogen and oxygen atoms in total. The van der Waals surface area contributed by atoms with Gasteiger partial charge in [-0.05, 0) is 12.8 Å². The van der Waals surface area contributed by atoms with Crippen LogP contribution in [0.1, 0.15) is 44.9 Å². The normalized spacial score (nSPS) is 14.3. The van der Waals surface area contributed by atoms with Gasteiger partial charge in [-0.1, -0.05) is 31.8 Å². The Kier molecular flexibility index (Phi) is 12.3. The second-order valence-electron chi connectivity index (χ2n) is 5.53. The molecule has 0 amide bonds. The van der Waals surface area contributed by atoms with Crippen molar-refractivity contribution in [3.8, 4) is 0 Å². The van der Waals surface area contributed by atoms with Crippen LogP contribution in [-0.2, 0) is 10.1 Å². The van der Waals surface area contributed by atoms with Crippen molar-refractivity contribution in [2.24, 2.45) is 5.73 Å². The summed E-state index contributed by atoms with van der Waals surface area (Å²) in [6.45, 7) is 3.94. The van der Waals surface area contributed by atoms with Crippen LogP contribution in [-0.4, -0.2) is 43.0 Å². The minimum absolute atomic E-state index is 0.0196. The van der Waals surface area contributed by atoms with E-state index in [1.807, 2.05) is 0 Å². The van der Waals surface area contributed by atoms with Gasteiger partial charge in [-0.3, -0.25) is 4.55 Å². The highest BCUT2D eigenvalue weighted by atomic mass is 32.2. The first-order valence-electron chi connectivity index (χ1n) is 7.79. The molecule has 0 aliphatic heterocycles. The summed E-state index contributed by atoms with van der Waals surface area (Å²) >= 11 is 0. The van der Waals surface area contributed by atoms with Gasteiger partial charge in [0.15, 0.2) is 6.17 Å². The molecule has 13 heteroatoms. The lowest BCUT2D eigenvalue weighted by Crippen LogP contribution is -2.52. The van der Waals surface area contributed by atoms with Crippen LogP contribution in [0.15, 0.2) is 12.7 Å². The van der Waals surface area contributed by atoms with E-state index in [9.17, 15) is 43.5 Å². The summed E-state index contributed by atoms with van der Waals surface area (Å²) in [6, 6.07) is 0. The van der Waals surface area contributed by atoms with Crippen molar-refractivity contribution in [3.05, 3.63) is 12.7 Å². The molecule has 3 N–H and O–H groups in total. The molecule has 0 aromatic heterocycles. The van der Waals surface area contributed by atoms with E-state index in [1.165, 1.54) is 0 Å². The molecule has 27 heavy (non-hydrogen) atoms. The second kappa shape index (κ2) is 11.8. The zero-order chi connectivity index (χ0) is 21.9. The van der Waals surface area contributed by atoms with E-state index in [2.05, 4.69) is 6.58 Å². The third-order valence-electron chi connectivity index (χ3n) is 3.19. The van der Waals surface area contributed by atoms with E-state index in [1.54, 1.807) is 6.08 Å². The molecule has 0 rings (SSSR count). The van der Waals surface area contributed by atoms with Gasteiger partial charge in [0.2, 0.25) is 0 Å². The third-order valence-corrected chi connectivity index (χ3v) is 4.11. The largest absolute Gasteiger partial charge is 0.434 e. The lowest BCUT2D eigenvalue weighted by atomic mass is 10.0. The Morgan fingerprint density at radius 3 is 1.74 bits per heavy atom. The molecule has 0 aromatic rings. The van der Waals surface area contributed by atoms with Crippen molar-refractivity contribution in [2.45, 2.75) is 68.5 Å². The number of rotatable bonds is 11. The molecule has 0 aromatic carbocycles. The van der Waals surface area contributed by atoms with Gasteiger partial charge in [-0.25, -0.2) is 4.39 Å². The third kappa shape index (κ3) is 10.8. The van der Waals surface area contributed by atoms with E-state index in [0.29, 0.717) is 6.54 Å². The van der Waals surface area contributed by atoms with Gasteiger partial charge in [0, 0.05) is 13.0 Å². The van der Waals surface area contributed by atoms with E-state index >= 15 is 0 Å². The van der Waals surface area contributed by atoms with E-state index in [4.69, 9.17) is 10.3 Å². The predicted molar refractivity (Wildman–Crippen MR) is 84.0 cm³/mol. The van der Waals surface area contributed by atoms with Gasteiger partial charge in [0.1, 0.15) is 0 Å². The maximum atomic E-state index is 13.2. The number of unbranched alkanes of at least 4 members (excludes halogenated alkanes) is 4. The summed E-state index contributed by atoms with van der Waals surface area (Å²) < 4.78 is 129. The number of hydrogen-bond acceptors (Lipinski definition) is 3. The van der Waals surface area contributed by atoms with Crippen molar-refractivity contribution in [3.63, 3.8) is 0 Å². The zero-order valence-corrected chi connectivity index (χ0v) is 15.1. The molecule has 0 aliphatic rings. The Morgan fingerprint density at radius 1 is 0.963 bits per heavy atom. The summed E-state index contributed by atoms with van der Waals surface area (Å²) in [4.78, 5) is 0. The van der Waals surface area contributed by atoms with E-state index in [-0.39, 0.29) is 32.1 Å². The first-order chi connectivity index (χ1) is 12.0. The van der Waals surface area contributed by atoms with Crippen LogP contribution in [0.3, 0.4) is 0 Å². The fourth-order valence-corrected chi connectivity index (χ4v) is 2.19. The summed E-state index contributed by atoms with van der Waals surface area (Å²) in [6.07, 6.45) is -8.57. The lowest BCUT2D eigenvalue weighted by Gasteiger charge is -2.26. The summed E-state index contributed by atoms with van der Waals surface area (Å²) in [5.74, 6) is -5.61. The Morgan fingerprint density at radius 2 is 1.37 bits per heavy atom. The predicted octanol–water partition coefficient (Wildman–Crippen LogP) is 4.86. The Hall–Kier alpha value is -0.950. The quantitative estimate of drug-likeness (QED) is 0.209. The van der Waals surface area contributed by atoms with Crippen molar-refractivity contribution in [1.82, 2.24) is 0 Å². The molecule has 0 heterocycles. The minimum Gasteiger partial charge on any atom is -0.327 e. The molecule has 0 saturated heterocycles. The van der Waals surface area contributed by atoms with Gasteiger partial charge < -0.3 is 5.73 Å². The highest BCUT2D eigenvalue weighted by Crippen LogP contribution is 2.43. The van der Waals surface area contributed by atoms with Crippen LogP contribution in [0.25, 0.3) is 0 Å². The highest BCUT2D eigenvalue weighted by Gasteiger charge is 2.69. The average Bonchev–Trinajstić information content (AvgIpc) is 2.51. The van der Waals surface area contributed by atoms with Crippen LogP contribution in [0.2, 0.25) is 0 Å². The van der Waals surface area contributed by atoms with Gasteiger partial charge in [-0.15, -0.1) is 6.58 Å². The fraction of sp³-hybridized carbons (Fsp3) is 0.857. The zero-order valence-electron chi connectivity index (χ0n) is 14.3. The lowest BCUT2D eigenvalue weighted by molar-refractivity contribution is -0.198. The molecule has 1 unspecified atom stereocenters. The minimum atomic E-state index is -6.49. The average molecular weight is 437 g/mol. The van der Waals surface area contributed by atoms with Crippen molar-refractivity contribution >= 4 is 10.1 Å². The molecule has 1 atom stereocenters. The van der Waals surface area contributed by atoms with Crippen molar-refractivity contribution in [2.75, 3.05) is 6.54 Å². The number of nitrogens with two attached hydrogens (primary N) is 1. The van der Waals surface area contributed by atoms with Crippen LogP contribution in [0.4, 0.5) is 35.1 Å². The molecular formula is C14H23F8NO3S. The molecule has 0 fully saturated rings. The van der Waals surface area contributed by atoms with Crippen molar-refractivity contribution < 1.29 is 48.1 Å². The first-order valence-corrected chi connectivity index (χ1v) is 9.23. The SMILES string of the molecule is C=CCN.O=S(=O)(O)C(F)(F)C(F)(F)C(F)CCCCCCCC(F)(F)F. The van der Waals surface area contributed by atoms with Crippen LogP contribution in [0, 0.1) is 0 Å². The number of alkyl halides is 8. The Bertz CT molecular complexity index is 523. The summed E-state index contributed by atoms with van der Waals surface area (Å²) in [5, 5.41) is -5.97. The first kappa shape index (κ1) is 28.3. The Balaban J connectivity index is 0. The molecule has 0 bridgehead atoms. The maximum Gasteiger partial charge on any atom is 0.434 e. The number of halogens is 8. The molecule has 0 spiro atoms. The van der Waals surface area contributed by atoms with Gasteiger partial charge in [-0.2, -0.15) is 39.2 Å². The van der Waals surface area contributed by atoms with E-state index in [0.717, 1.165) is 0 Å². The molecule has 0 radical (unpaired) electrons. The summed E-state index contributed by atoms with van der Waals surface area (Å²) in [7, 11) is -6.49. The summed E-state index contributed by atoms with van der Waals surface area (Å²) in [5.41, 5.74) is 4.91.